The van der Waals surface area contributed by atoms with Crippen molar-refractivity contribution in [3.05, 3.63) is 29.3 Å². The number of carbonyl (C=O) groups is 2. The number of nitrogens with one attached hydrogen (secondary N) is 1. The van der Waals surface area contributed by atoms with E-state index in [1.165, 1.54) is 18.2 Å². The molecule has 1 aromatic carbocycles. The van der Waals surface area contributed by atoms with Crippen LogP contribution < -0.4 is 5.32 Å². The molecule has 0 spiro atoms. The molecule has 1 aliphatic heterocycles. The Kier molecular flexibility index (Phi) is 3.81. The van der Waals surface area contributed by atoms with Crippen LogP contribution in [0.3, 0.4) is 0 Å². The van der Waals surface area contributed by atoms with Gasteiger partial charge in [0.05, 0.1) is 11.1 Å². The maximum atomic E-state index is 12.6. The zero-order valence-corrected chi connectivity index (χ0v) is 14.1. The van der Waals surface area contributed by atoms with Crippen LogP contribution in [-0.4, -0.2) is 36.1 Å². The third-order valence-corrected chi connectivity index (χ3v) is 5.29. The van der Waals surface area contributed by atoms with Crippen LogP contribution >= 0.6 is 0 Å². The van der Waals surface area contributed by atoms with E-state index >= 15 is 0 Å². The van der Waals surface area contributed by atoms with E-state index in [0.717, 1.165) is 4.31 Å². The fraction of sp³-hybridized carbons (Fsp3) is 0.467. The second-order valence-electron chi connectivity index (χ2n) is 6.58. The molecule has 0 unspecified atom stereocenters. The highest BCUT2D eigenvalue weighted by Crippen LogP contribution is 2.36. The Balaban J connectivity index is 2.54. The monoisotopic (exact) mass is 324 g/mol. The van der Waals surface area contributed by atoms with Gasteiger partial charge in [-0.25, -0.2) is 12.7 Å². The third-order valence-electron chi connectivity index (χ3n) is 3.21. The van der Waals surface area contributed by atoms with E-state index in [-0.39, 0.29) is 28.0 Å². The molecule has 0 aromatic heterocycles. The molecule has 2 amide bonds. The van der Waals surface area contributed by atoms with E-state index in [9.17, 15) is 18.0 Å². The van der Waals surface area contributed by atoms with Crippen LogP contribution in [0, 0.1) is 0 Å². The summed E-state index contributed by atoms with van der Waals surface area (Å²) in [6.45, 7) is 8.59. The maximum Gasteiger partial charge on any atom is 0.269 e. The zero-order valence-electron chi connectivity index (χ0n) is 13.3. The molecule has 0 bridgehead atoms. The Hall–Kier alpha value is -1.89. The van der Waals surface area contributed by atoms with Crippen molar-refractivity contribution >= 4 is 21.8 Å². The minimum atomic E-state index is -3.93. The largest absolute Gasteiger partial charge is 0.350 e. The van der Waals surface area contributed by atoms with E-state index in [2.05, 4.69) is 5.32 Å². The lowest BCUT2D eigenvalue weighted by Crippen LogP contribution is -2.45. The fourth-order valence-corrected chi connectivity index (χ4v) is 4.32. The quantitative estimate of drug-likeness (QED) is 0.898. The average Bonchev–Trinajstić information content (AvgIpc) is 2.55. The first-order valence-corrected chi connectivity index (χ1v) is 8.45. The van der Waals surface area contributed by atoms with Crippen molar-refractivity contribution < 1.29 is 18.0 Å². The van der Waals surface area contributed by atoms with E-state index in [4.69, 9.17) is 0 Å². The second kappa shape index (κ2) is 5.08. The van der Waals surface area contributed by atoms with E-state index in [1.807, 2.05) is 13.8 Å². The number of fused-ring (bicyclic) bond motifs is 1. The van der Waals surface area contributed by atoms with Gasteiger partial charge in [0.15, 0.2) is 0 Å². The summed E-state index contributed by atoms with van der Waals surface area (Å²) in [6.07, 6.45) is 0. The van der Waals surface area contributed by atoms with Crippen LogP contribution in [0.2, 0.25) is 0 Å². The fourth-order valence-electron chi connectivity index (χ4n) is 2.38. The van der Waals surface area contributed by atoms with Gasteiger partial charge in [0, 0.05) is 11.6 Å². The van der Waals surface area contributed by atoms with Crippen LogP contribution in [0.5, 0.6) is 0 Å². The third kappa shape index (κ3) is 2.61. The summed E-state index contributed by atoms with van der Waals surface area (Å²) < 4.78 is 26.1. The molecule has 0 aliphatic carbocycles. The first-order chi connectivity index (χ1) is 9.96. The van der Waals surface area contributed by atoms with Crippen molar-refractivity contribution in [1.82, 2.24) is 9.62 Å². The molecular weight excluding hydrogens is 304 g/mol. The van der Waals surface area contributed by atoms with Gasteiger partial charge in [-0.15, -0.1) is 0 Å². The molecule has 0 fully saturated rings. The Bertz CT molecular complexity index is 745. The molecule has 0 saturated carbocycles. The number of hydrogen-bond acceptors (Lipinski definition) is 4. The predicted molar refractivity (Wildman–Crippen MR) is 82.2 cm³/mol. The minimum absolute atomic E-state index is 0.0648. The molecule has 1 heterocycles. The van der Waals surface area contributed by atoms with Crippen LogP contribution in [-0.2, 0) is 10.0 Å². The number of amides is 2. The van der Waals surface area contributed by atoms with Crippen LogP contribution in [0.15, 0.2) is 23.1 Å². The van der Waals surface area contributed by atoms with Crippen molar-refractivity contribution in [2.75, 3.05) is 0 Å². The summed E-state index contributed by atoms with van der Waals surface area (Å²) in [4.78, 5) is 24.3. The molecule has 7 heteroatoms. The molecule has 1 N–H and O–H groups in total. The van der Waals surface area contributed by atoms with Crippen molar-refractivity contribution in [2.24, 2.45) is 0 Å². The first kappa shape index (κ1) is 16.5. The number of rotatable bonds is 2. The van der Waals surface area contributed by atoms with Gasteiger partial charge in [-0.3, -0.25) is 9.59 Å². The standard InChI is InChI=1S/C15H20N2O4S/c1-9(2)16-13(18)10-6-7-11-12(8-10)22(20,21)17(14(11)19)15(3,4)5/h6-9H,1-5H3,(H,16,18). The Morgan fingerprint density at radius 1 is 1.23 bits per heavy atom. The number of sulfonamides is 1. The van der Waals surface area contributed by atoms with Crippen molar-refractivity contribution in [3.63, 3.8) is 0 Å². The summed E-state index contributed by atoms with van der Waals surface area (Å²) >= 11 is 0. The van der Waals surface area contributed by atoms with Gasteiger partial charge >= 0.3 is 0 Å². The SMILES string of the molecule is CC(C)NC(=O)c1ccc2c(c1)S(=O)(=O)N(C(C)(C)C)C2=O. The number of carbonyl (C=O) groups excluding carboxylic acids is 2. The number of benzene rings is 1. The van der Waals surface area contributed by atoms with Gasteiger partial charge in [0.2, 0.25) is 0 Å². The molecule has 6 nitrogen and oxygen atoms in total. The molecule has 0 radical (unpaired) electrons. The lowest BCUT2D eigenvalue weighted by atomic mass is 10.1. The van der Waals surface area contributed by atoms with Crippen LogP contribution in [0.1, 0.15) is 55.3 Å². The maximum absolute atomic E-state index is 12.6. The molecule has 120 valence electrons. The average molecular weight is 324 g/mol. The summed E-state index contributed by atoms with van der Waals surface area (Å²) in [5.41, 5.74) is -0.537. The van der Waals surface area contributed by atoms with Crippen molar-refractivity contribution in [1.29, 1.82) is 0 Å². The van der Waals surface area contributed by atoms with Crippen molar-refractivity contribution in [2.45, 2.75) is 51.1 Å². The molecule has 0 atom stereocenters. The molecule has 1 aliphatic rings. The van der Waals surface area contributed by atoms with E-state index in [0.29, 0.717) is 0 Å². The highest BCUT2D eigenvalue weighted by molar-refractivity contribution is 7.90. The lowest BCUT2D eigenvalue weighted by molar-refractivity contribution is 0.0787. The Morgan fingerprint density at radius 2 is 1.82 bits per heavy atom. The highest BCUT2D eigenvalue weighted by Gasteiger charge is 2.47. The Morgan fingerprint density at radius 3 is 2.32 bits per heavy atom. The lowest BCUT2D eigenvalue weighted by Gasteiger charge is -2.29. The van der Waals surface area contributed by atoms with Crippen molar-refractivity contribution in [3.8, 4) is 0 Å². The normalized spacial score (nSPS) is 16.8. The van der Waals surface area contributed by atoms with Crippen LogP contribution in [0.25, 0.3) is 0 Å². The highest BCUT2D eigenvalue weighted by atomic mass is 32.2. The van der Waals surface area contributed by atoms with Crippen LogP contribution in [0.4, 0.5) is 0 Å². The molecule has 0 saturated heterocycles. The van der Waals surface area contributed by atoms with Gasteiger partial charge in [0.25, 0.3) is 21.8 Å². The summed E-state index contributed by atoms with van der Waals surface area (Å²) in [5.74, 6) is -0.923. The summed E-state index contributed by atoms with van der Waals surface area (Å²) in [7, 11) is -3.93. The summed E-state index contributed by atoms with van der Waals surface area (Å²) in [6, 6.07) is 4.07. The van der Waals surface area contributed by atoms with Gasteiger partial charge in [0.1, 0.15) is 4.90 Å². The van der Waals surface area contributed by atoms with Gasteiger partial charge in [-0.1, -0.05) is 0 Å². The molecule has 22 heavy (non-hydrogen) atoms. The molecule has 2 rings (SSSR count). The number of hydrogen-bond donors (Lipinski definition) is 1. The predicted octanol–water partition coefficient (Wildman–Crippen LogP) is 1.77. The van der Waals surface area contributed by atoms with Gasteiger partial charge in [-0.2, -0.15) is 0 Å². The van der Waals surface area contributed by atoms with Gasteiger partial charge < -0.3 is 5.32 Å². The Labute approximate surface area is 130 Å². The molecular formula is C15H20N2O4S. The second-order valence-corrected chi connectivity index (χ2v) is 8.34. The van der Waals surface area contributed by atoms with E-state index in [1.54, 1.807) is 20.8 Å². The zero-order chi connectivity index (χ0) is 16.9. The van der Waals surface area contributed by atoms with E-state index < -0.39 is 21.5 Å². The van der Waals surface area contributed by atoms with Gasteiger partial charge in [-0.05, 0) is 52.8 Å². The topological polar surface area (TPSA) is 83.6 Å². The minimum Gasteiger partial charge on any atom is -0.350 e. The number of nitrogens with zero attached hydrogens (tertiary/aromatic N) is 1. The summed E-state index contributed by atoms with van der Waals surface area (Å²) in [5, 5.41) is 2.70. The molecule has 1 aromatic rings. The smallest absolute Gasteiger partial charge is 0.269 e. The first-order valence-electron chi connectivity index (χ1n) is 7.01.